The maximum absolute atomic E-state index is 8.86. The SMILES string of the molecule is CCc1cccc(Oc2nccnc2C#N)c1. The maximum Gasteiger partial charge on any atom is 0.256 e. The van der Waals surface area contributed by atoms with Crippen molar-refractivity contribution in [3.63, 3.8) is 0 Å². The first-order valence-electron chi connectivity index (χ1n) is 5.31. The Labute approximate surface area is 99.5 Å². The number of nitrogens with zero attached hydrogens (tertiary/aromatic N) is 3. The fourth-order valence-electron chi connectivity index (χ4n) is 1.42. The van der Waals surface area contributed by atoms with Crippen LogP contribution in [0.15, 0.2) is 36.7 Å². The normalized spacial score (nSPS) is 9.65. The Morgan fingerprint density at radius 2 is 2.12 bits per heavy atom. The van der Waals surface area contributed by atoms with E-state index in [9.17, 15) is 0 Å². The van der Waals surface area contributed by atoms with Gasteiger partial charge in [0.05, 0.1) is 0 Å². The topological polar surface area (TPSA) is 58.8 Å². The van der Waals surface area contributed by atoms with Crippen molar-refractivity contribution in [1.82, 2.24) is 9.97 Å². The summed E-state index contributed by atoms with van der Waals surface area (Å²) >= 11 is 0. The molecule has 4 nitrogen and oxygen atoms in total. The molecule has 0 aliphatic heterocycles. The summed E-state index contributed by atoms with van der Waals surface area (Å²) in [4.78, 5) is 7.88. The van der Waals surface area contributed by atoms with Gasteiger partial charge in [0.2, 0.25) is 5.69 Å². The molecule has 0 amide bonds. The summed E-state index contributed by atoms with van der Waals surface area (Å²) in [5.41, 5.74) is 1.36. The van der Waals surface area contributed by atoms with E-state index in [1.54, 1.807) is 0 Å². The van der Waals surface area contributed by atoms with Crippen LogP contribution in [0.1, 0.15) is 18.2 Å². The molecular weight excluding hydrogens is 214 g/mol. The molecule has 0 aliphatic rings. The molecule has 0 atom stereocenters. The number of benzene rings is 1. The van der Waals surface area contributed by atoms with E-state index in [-0.39, 0.29) is 11.6 Å². The molecule has 4 heteroatoms. The first kappa shape index (κ1) is 11.1. The van der Waals surface area contributed by atoms with Crippen molar-refractivity contribution in [3.05, 3.63) is 47.9 Å². The maximum atomic E-state index is 8.86. The smallest absolute Gasteiger partial charge is 0.256 e. The predicted octanol–water partition coefficient (Wildman–Crippen LogP) is 2.70. The quantitative estimate of drug-likeness (QED) is 0.805. The van der Waals surface area contributed by atoms with E-state index in [2.05, 4.69) is 16.9 Å². The lowest BCUT2D eigenvalue weighted by atomic mass is 10.2. The van der Waals surface area contributed by atoms with Crippen LogP contribution in [-0.4, -0.2) is 9.97 Å². The lowest BCUT2D eigenvalue weighted by molar-refractivity contribution is 0.457. The van der Waals surface area contributed by atoms with Crippen LogP contribution in [0, 0.1) is 11.3 Å². The Morgan fingerprint density at radius 3 is 2.88 bits per heavy atom. The predicted molar refractivity (Wildman–Crippen MR) is 62.6 cm³/mol. The third-order valence-corrected chi connectivity index (χ3v) is 2.29. The van der Waals surface area contributed by atoms with Crippen LogP contribution in [0.3, 0.4) is 0 Å². The molecule has 0 N–H and O–H groups in total. The Hall–Kier alpha value is -2.41. The number of hydrogen-bond donors (Lipinski definition) is 0. The molecule has 0 saturated carbocycles. The van der Waals surface area contributed by atoms with Gasteiger partial charge in [-0.25, -0.2) is 9.97 Å². The first-order chi connectivity index (χ1) is 8.33. The molecule has 0 aliphatic carbocycles. The minimum Gasteiger partial charge on any atom is -0.436 e. The van der Waals surface area contributed by atoms with Crippen molar-refractivity contribution in [1.29, 1.82) is 5.26 Å². The summed E-state index contributed by atoms with van der Waals surface area (Å²) in [6.07, 6.45) is 3.90. The zero-order chi connectivity index (χ0) is 12.1. The first-order valence-corrected chi connectivity index (χ1v) is 5.31. The monoisotopic (exact) mass is 225 g/mol. The van der Waals surface area contributed by atoms with Crippen LogP contribution in [0.2, 0.25) is 0 Å². The van der Waals surface area contributed by atoms with Crippen LogP contribution >= 0.6 is 0 Å². The van der Waals surface area contributed by atoms with Crippen LogP contribution in [0.4, 0.5) is 0 Å². The van der Waals surface area contributed by atoms with Crippen molar-refractivity contribution in [2.45, 2.75) is 13.3 Å². The zero-order valence-electron chi connectivity index (χ0n) is 9.42. The van der Waals surface area contributed by atoms with Crippen molar-refractivity contribution in [2.24, 2.45) is 0 Å². The van der Waals surface area contributed by atoms with Crippen molar-refractivity contribution >= 4 is 0 Å². The van der Waals surface area contributed by atoms with Gasteiger partial charge in [-0.2, -0.15) is 5.26 Å². The molecular formula is C13H11N3O. The minimum absolute atomic E-state index is 0.189. The summed E-state index contributed by atoms with van der Waals surface area (Å²) in [6, 6.07) is 9.64. The Balaban J connectivity index is 2.28. The fraction of sp³-hybridized carbons (Fsp3) is 0.154. The average molecular weight is 225 g/mol. The van der Waals surface area contributed by atoms with Gasteiger partial charge in [-0.15, -0.1) is 0 Å². The minimum atomic E-state index is 0.189. The van der Waals surface area contributed by atoms with E-state index >= 15 is 0 Å². The highest BCUT2D eigenvalue weighted by Gasteiger charge is 2.06. The van der Waals surface area contributed by atoms with Gasteiger partial charge in [0.25, 0.3) is 5.88 Å². The number of hydrogen-bond acceptors (Lipinski definition) is 4. The second kappa shape index (κ2) is 5.08. The van der Waals surface area contributed by atoms with Crippen LogP contribution in [0.25, 0.3) is 0 Å². The Kier molecular flexibility index (Phi) is 3.31. The molecule has 0 radical (unpaired) electrons. The largest absolute Gasteiger partial charge is 0.436 e. The van der Waals surface area contributed by atoms with E-state index in [1.165, 1.54) is 18.0 Å². The highest BCUT2D eigenvalue weighted by atomic mass is 16.5. The highest BCUT2D eigenvalue weighted by molar-refractivity contribution is 5.36. The highest BCUT2D eigenvalue weighted by Crippen LogP contribution is 2.22. The Morgan fingerprint density at radius 1 is 1.29 bits per heavy atom. The van der Waals surface area contributed by atoms with Gasteiger partial charge in [0.15, 0.2) is 0 Å². The summed E-state index contributed by atoms with van der Waals surface area (Å²) in [6.45, 7) is 2.07. The molecule has 1 aromatic heterocycles. The Bertz CT molecular complexity index is 561. The summed E-state index contributed by atoms with van der Waals surface area (Å²) in [7, 11) is 0. The summed E-state index contributed by atoms with van der Waals surface area (Å²) in [5.74, 6) is 0.907. The van der Waals surface area contributed by atoms with Gasteiger partial charge < -0.3 is 4.74 Å². The molecule has 0 spiro atoms. The number of rotatable bonds is 3. The number of ether oxygens (including phenoxy) is 1. The summed E-state index contributed by atoms with van der Waals surface area (Å²) in [5, 5.41) is 8.86. The standard InChI is InChI=1S/C13H11N3O/c1-2-10-4-3-5-11(8-10)17-13-12(9-14)15-6-7-16-13/h3-8H,2H2,1H3. The summed E-state index contributed by atoms with van der Waals surface area (Å²) < 4.78 is 5.55. The van der Waals surface area contributed by atoms with E-state index in [1.807, 2.05) is 30.3 Å². The molecule has 0 bridgehead atoms. The van der Waals surface area contributed by atoms with Gasteiger partial charge in [0, 0.05) is 12.4 Å². The van der Waals surface area contributed by atoms with E-state index < -0.39 is 0 Å². The molecule has 1 heterocycles. The lowest BCUT2D eigenvalue weighted by Gasteiger charge is -2.06. The van der Waals surface area contributed by atoms with Crippen molar-refractivity contribution in [2.75, 3.05) is 0 Å². The van der Waals surface area contributed by atoms with Crippen LogP contribution in [-0.2, 0) is 6.42 Å². The molecule has 0 fully saturated rings. The van der Waals surface area contributed by atoms with Crippen LogP contribution in [0.5, 0.6) is 11.6 Å². The van der Waals surface area contributed by atoms with E-state index in [4.69, 9.17) is 10.00 Å². The third kappa shape index (κ3) is 2.58. The van der Waals surface area contributed by atoms with Gasteiger partial charge in [0.1, 0.15) is 11.8 Å². The molecule has 17 heavy (non-hydrogen) atoms. The zero-order valence-corrected chi connectivity index (χ0v) is 9.42. The van der Waals surface area contributed by atoms with Crippen LogP contribution < -0.4 is 4.74 Å². The van der Waals surface area contributed by atoms with E-state index in [0.717, 1.165) is 6.42 Å². The third-order valence-electron chi connectivity index (χ3n) is 2.29. The molecule has 84 valence electrons. The molecule has 2 rings (SSSR count). The molecule has 2 aromatic rings. The van der Waals surface area contributed by atoms with Crippen molar-refractivity contribution < 1.29 is 4.74 Å². The second-order valence-electron chi connectivity index (χ2n) is 3.42. The lowest BCUT2D eigenvalue weighted by Crippen LogP contribution is -1.94. The van der Waals surface area contributed by atoms with Gasteiger partial charge in [-0.1, -0.05) is 19.1 Å². The molecule has 0 unspecified atom stereocenters. The fourth-order valence-corrected chi connectivity index (χ4v) is 1.42. The molecule has 0 saturated heterocycles. The van der Waals surface area contributed by atoms with E-state index in [0.29, 0.717) is 5.75 Å². The number of aryl methyl sites for hydroxylation is 1. The van der Waals surface area contributed by atoms with Gasteiger partial charge >= 0.3 is 0 Å². The van der Waals surface area contributed by atoms with Gasteiger partial charge in [-0.05, 0) is 24.1 Å². The average Bonchev–Trinajstić information content (AvgIpc) is 2.39. The number of nitriles is 1. The van der Waals surface area contributed by atoms with Crippen molar-refractivity contribution in [3.8, 4) is 17.7 Å². The number of aromatic nitrogens is 2. The molecule has 1 aromatic carbocycles. The van der Waals surface area contributed by atoms with Gasteiger partial charge in [-0.3, -0.25) is 0 Å². The second-order valence-corrected chi connectivity index (χ2v) is 3.42.